The van der Waals surface area contributed by atoms with Gasteiger partial charge in [0, 0.05) is 0 Å². The van der Waals surface area contributed by atoms with Gasteiger partial charge in [-0.05, 0) is 0 Å². The zero-order valence-electron chi connectivity index (χ0n) is 10.2. The molecule has 3 nitrogen and oxygen atoms in total. The average molecular weight is 338 g/mol. The highest BCUT2D eigenvalue weighted by Gasteiger charge is 2.32. The molecule has 0 fully saturated rings. The molecular weight excluding hydrogens is 327 g/mol. The van der Waals surface area contributed by atoms with Gasteiger partial charge in [-0.1, -0.05) is 0 Å². The molecule has 0 radical (unpaired) electrons. The number of alkyl halides is 9. The van der Waals surface area contributed by atoms with Gasteiger partial charge in [-0.25, -0.2) is 0 Å². The van der Waals surface area contributed by atoms with Gasteiger partial charge in [-0.15, -0.1) is 0 Å². The van der Waals surface area contributed by atoms with E-state index in [1.54, 1.807) is 0 Å². The molecule has 12 heteroatoms. The first-order valence-electron chi connectivity index (χ1n) is 5.26. The number of hydrogen-bond acceptors (Lipinski definition) is 3. The summed E-state index contributed by atoms with van der Waals surface area (Å²) in [7, 11) is 0. The molecule has 0 heterocycles. The fourth-order valence-corrected chi connectivity index (χ4v) is 0.969. The molecule has 0 rings (SSSR count). The second-order valence-electron chi connectivity index (χ2n) is 3.81. The summed E-state index contributed by atoms with van der Waals surface area (Å²) in [5, 5.41) is 0. The molecule has 0 amide bonds. The summed E-state index contributed by atoms with van der Waals surface area (Å²) in [6, 6.07) is 0. The summed E-state index contributed by atoms with van der Waals surface area (Å²) < 4.78 is 118. The molecule has 0 aromatic carbocycles. The fraction of sp³-hybridized carbons (Fsp3) is 1.00. The third kappa shape index (κ3) is 15.5. The van der Waals surface area contributed by atoms with Crippen LogP contribution in [0.2, 0.25) is 0 Å². The molecule has 0 aromatic rings. The maximum Gasteiger partial charge on any atom is 0.411 e. The number of hydrogen-bond donors (Lipinski definition) is 0. The van der Waals surface area contributed by atoms with E-state index in [2.05, 4.69) is 14.2 Å². The molecule has 0 atom stereocenters. The van der Waals surface area contributed by atoms with Crippen LogP contribution < -0.4 is 0 Å². The Morgan fingerprint density at radius 2 is 0.905 bits per heavy atom. The first kappa shape index (κ1) is 20.2. The van der Waals surface area contributed by atoms with Crippen molar-refractivity contribution in [2.45, 2.75) is 24.6 Å². The zero-order chi connectivity index (χ0) is 16.7. The van der Waals surface area contributed by atoms with E-state index in [1.165, 1.54) is 0 Å². The van der Waals surface area contributed by atoms with Crippen LogP contribution in [-0.2, 0) is 14.2 Å². The van der Waals surface area contributed by atoms with Crippen molar-refractivity contribution < 1.29 is 53.7 Å². The lowest BCUT2D eigenvalue weighted by Crippen LogP contribution is -2.33. The predicted octanol–water partition coefficient (Wildman–Crippen LogP) is 3.09. The largest absolute Gasteiger partial charge is 0.411 e. The molecule has 0 unspecified atom stereocenters. The second-order valence-corrected chi connectivity index (χ2v) is 3.81. The van der Waals surface area contributed by atoms with Gasteiger partial charge < -0.3 is 14.2 Å². The van der Waals surface area contributed by atoms with E-state index in [-0.39, 0.29) is 0 Å². The van der Waals surface area contributed by atoms with Gasteiger partial charge in [-0.2, -0.15) is 39.5 Å². The fourth-order valence-electron chi connectivity index (χ4n) is 0.969. The summed E-state index contributed by atoms with van der Waals surface area (Å²) in [6.07, 6.45) is -15.9. The lowest BCUT2D eigenvalue weighted by molar-refractivity contribution is -0.218. The van der Waals surface area contributed by atoms with Crippen molar-refractivity contribution in [2.75, 3.05) is 33.0 Å². The van der Waals surface area contributed by atoms with Crippen LogP contribution in [0.25, 0.3) is 0 Å². The van der Waals surface area contributed by atoms with Crippen LogP contribution in [0.5, 0.6) is 0 Å². The van der Waals surface area contributed by atoms with Crippen LogP contribution >= 0.6 is 0 Å². The van der Waals surface area contributed by atoms with Crippen molar-refractivity contribution in [1.82, 2.24) is 0 Å². The average Bonchev–Trinajstić information content (AvgIpc) is 2.20. The molecular formula is C9H11F9O3. The number of halogens is 9. The molecule has 0 aliphatic carbocycles. The third-order valence-corrected chi connectivity index (χ3v) is 1.62. The zero-order valence-corrected chi connectivity index (χ0v) is 10.2. The third-order valence-electron chi connectivity index (χ3n) is 1.62. The second kappa shape index (κ2) is 8.03. The van der Waals surface area contributed by atoms with E-state index in [4.69, 9.17) is 0 Å². The first-order chi connectivity index (χ1) is 9.29. The minimum atomic E-state index is -4.79. The van der Waals surface area contributed by atoms with Gasteiger partial charge in [0.15, 0.2) is 0 Å². The Morgan fingerprint density at radius 1 is 0.571 bits per heavy atom. The van der Waals surface area contributed by atoms with E-state index in [0.717, 1.165) is 0 Å². The molecule has 0 spiro atoms. The Kier molecular flexibility index (Phi) is 7.75. The van der Waals surface area contributed by atoms with Gasteiger partial charge in [0.2, 0.25) is 0 Å². The first-order valence-corrected chi connectivity index (χ1v) is 5.26. The molecule has 0 saturated carbocycles. The topological polar surface area (TPSA) is 27.7 Å². The van der Waals surface area contributed by atoms with Crippen molar-refractivity contribution in [1.29, 1.82) is 0 Å². The molecule has 0 N–H and O–H groups in total. The van der Waals surface area contributed by atoms with Crippen LogP contribution in [0.1, 0.15) is 0 Å². The SMILES string of the molecule is FC(F)(F)COCC(COCC(F)(F)F)OCC(F)(F)F. The smallest absolute Gasteiger partial charge is 0.369 e. The van der Waals surface area contributed by atoms with Gasteiger partial charge in [0.05, 0.1) is 13.2 Å². The summed E-state index contributed by atoms with van der Waals surface area (Å²) in [6.45, 7) is -7.36. The molecule has 0 aliphatic rings. The number of rotatable bonds is 8. The molecule has 0 saturated heterocycles. The Hall–Kier alpha value is -0.750. The Labute approximate surface area is 112 Å². The van der Waals surface area contributed by atoms with Crippen LogP contribution in [0.3, 0.4) is 0 Å². The van der Waals surface area contributed by atoms with Gasteiger partial charge in [-0.3, -0.25) is 0 Å². The minimum Gasteiger partial charge on any atom is -0.369 e. The van der Waals surface area contributed by atoms with Crippen molar-refractivity contribution in [3.63, 3.8) is 0 Å². The lowest BCUT2D eigenvalue weighted by Gasteiger charge is -2.20. The van der Waals surface area contributed by atoms with E-state index in [9.17, 15) is 39.5 Å². The van der Waals surface area contributed by atoms with E-state index >= 15 is 0 Å². The van der Waals surface area contributed by atoms with Crippen molar-refractivity contribution >= 4 is 0 Å². The molecule has 0 aliphatic heterocycles. The van der Waals surface area contributed by atoms with Crippen molar-refractivity contribution in [3.05, 3.63) is 0 Å². The molecule has 128 valence electrons. The van der Waals surface area contributed by atoms with Crippen LogP contribution in [0.4, 0.5) is 39.5 Å². The maximum absolute atomic E-state index is 11.9. The number of ether oxygens (including phenoxy) is 3. The Morgan fingerprint density at radius 3 is 1.19 bits per heavy atom. The van der Waals surface area contributed by atoms with E-state index in [0.29, 0.717) is 0 Å². The van der Waals surface area contributed by atoms with Crippen molar-refractivity contribution in [2.24, 2.45) is 0 Å². The lowest BCUT2D eigenvalue weighted by atomic mass is 10.4. The summed E-state index contributed by atoms with van der Waals surface area (Å²) in [5.74, 6) is 0. The van der Waals surface area contributed by atoms with Crippen LogP contribution in [-0.4, -0.2) is 57.7 Å². The predicted molar refractivity (Wildman–Crippen MR) is 49.5 cm³/mol. The van der Waals surface area contributed by atoms with Crippen LogP contribution in [0.15, 0.2) is 0 Å². The highest BCUT2D eigenvalue weighted by Crippen LogP contribution is 2.18. The van der Waals surface area contributed by atoms with E-state index < -0.39 is 57.7 Å². The molecule has 0 aromatic heterocycles. The van der Waals surface area contributed by atoms with E-state index in [1.807, 2.05) is 0 Å². The van der Waals surface area contributed by atoms with Gasteiger partial charge >= 0.3 is 18.5 Å². The minimum absolute atomic E-state index is 0.993. The summed E-state index contributed by atoms with van der Waals surface area (Å²) in [4.78, 5) is 0. The Bertz CT molecular complexity index is 264. The normalized spacial score (nSPS) is 14.0. The van der Waals surface area contributed by atoms with Crippen LogP contribution in [0, 0.1) is 0 Å². The maximum atomic E-state index is 11.9. The summed E-state index contributed by atoms with van der Waals surface area (Å²) in [5.41, 5.74) is 0. The molecule has 21 heavy (non-hydrogen) atoms. The summed E-state index contributed by atoms with van der Waals surface area (Å²) >= 11 is 0. The quantitative estimate of drug-likeness (QED) is 0.637. The molecule has 0 bridgehead atoms. The standard InChI is InChI=1S/C9H11F9O3/c10-7(11,12)3-19-1-6(21-5-9(16,17)18)2-20-4-8(13,14)15/h6H,1-5H2. The highest BCUT2D eigenvalue weighted by molar-refractivity contribution is 4.60. The monoisotopic (exact) mass is 338 g/mol. The highest BCUT2D eigenvalue weighted by atomic mass is 19.4. The van der Waals surface area contributed by atoms with Gasteiger partial charge in [0.25, 0.3) is 0 Å². The Balaban J connectivity index is 4.21. The van der Waals surface area contributed by atoms with Crippen molar-refractivity contribution in [3.8, 4) is 0 Å². The van der Waals surface area contributed by atoms with Gasteiger partial charge in [0.1, 0.15) is 25.9 Å².